The van der Waals surface area contributed by atoms with Gasteiger partial charge >= 0.3 is 0 Å². The maximum absolute atomic E-state index is 5.58. The van der Waals surface area contributed by atoms with Gasteiger partial charge in [0.2, 0.25) is 0 Å². The molecule has 4 nitrogen and oxygen atoms in total. The predicted octanol–water partition coefficient (Wildman–Crippen LogP) is 2.43. The van der Waals surface area contributed by atoms with Gasteiger partial charge in [-0.2, -0.15) is 0 Å². The van der Waals surface area contributed by atoms with Crippen LogP contribution in [0.4, 0.5) is 5.82 Å². The maximum Gasteiger partial charge on any atom is 0.178 e. The van der Waals surface area contributed by atoms with Crippen molar-refractivity contribution in [1.29, 1.82) is 0 Å². The molecule has 2 N–H and O–H groups in total. The van der Waals surface area contributed by atoms with Gasteiger partial charge in [-0.25, -0.2) is 4.98 Å². The molecule has 14 heavy (non-hydrogen) atoms. The number of halogens is 1. The van der Waals surface area contributed by atoms with Gasteiger partial charge in [-0.15, -0.1) is 10.2 Å². The van der Waals surface area contributed by atoms with Gasteiger partial charge in [-0.1, -0.05) is 23.1 Å². The van der Waals surface area contributed by atoms with Gasteiger partial charge in [0.05, 0.1) is 4.47 Å². The van der Waals surface area contributed by atoms with E-state index in [-0.39, 0.29) is 0 Å². The summed E-state index contributed by atoms with van der Waals surface area (Å²) in [6, 6.07) is 1.80. The highest BCUT2D eigenvalue weighted by molar-refractivity contribution is 9.10. The number of rotatable bonds is 2. The summed E-state index contributed by atoms with van der Waals surface area (Å²) >= 11 is 6.40. The van der Waals surface area contributed by atoms with Crippen molar-refractivity contribution in [2.24, 2.45) is 0 Å². The lowest BCUT2D eigenvalue weighted by molar-refractivity contribution is 1.01. The van der Waals surface area contributed by atoms with Crippen LogP contribution in [-0.2, 0) is 0 Å². The molecule has 2 heterocycles. The van der Waals surface area contributed by atoms with Gasteiger partial charge in [-0.05, 0) is 22.0 Å². The molecular weight excluding hydrogens is 284 g/mol. The van der Waals surface area contributed by atoms with Gasteiger partial charge < -0.3 is 5.73 Å². The zero-order chi connectivity index (χ0) is 9.97. The third-order valence-electron chi connectivity index (χ3n) is 1.38. The molecule has 0 spiro atoms. The summed E-state index contributed by atoms with van der Waals surface area (Å²) < 4.78 is 1.79. The molecule has 2 rings (SSSR count). The molecule has 0 saturated carbocycles. The molecule has 0 atom stereocenters. The van der Waals surface area contributed by atoms with Crippen molar-refractivity contribution in [2.75, 3.05) is 5.73 Å². The summed E-state index contributed by atoms with van der Waals surface area (Å²) in [6.45, 7) is 0. The first-order chi connectivity index (χ1) is 6.75. The highest BCUT2D eigenvalue weighted by Crippen LogP contribution is 2.34. The number of nitrogens with two attached hydrogens (primary N) is 1. The van der Waals surface area contributed by atoms with Gasteiger partial charge in [0.15, 0.2) is 4.34 Å². The summed E-state index contributed by atoms with van der Waals surface area (Å²) in [7, 11) is 0. The van der Waals surface area contributed by atoms with Crippen LogP contribution in [0.2, 0.25) is 0 Å². The van der Waals surface area contributed by atoms with Gasteiger partial charge in [0.25, 0.3) is 0 Å². The topological polar surface area (TPSA) is 64.7 Å². The molecule has 2 aromatic heterocycles. The largest absolute Gasteiger partial charge is 0.384 e. The van der Waals surface area contributed by atoms with Crippen molar-refractivity contribution >= 4 is 44.8 Å². The lowest BCUT2D eigenvalue weighted by Gasteiger charge is -2.01. The molecule has 0 unspecified atom stereocenters. The first-order valence-electron chi connectivity index (χ1n) is 3.61. The Morgan fingerprint density at radius 1 is 1.50 bits per heavy atom. The Morgan fingerprint density at radius 2 is 2.36 bits per heavy atom. The fraction of sp³-hybridized carbons (Fsp3) is 0. The Labute approximate surface area is 97.1 Å². The second-order valence-corrected chi connectivity index (χ2v) is 5.32. The normalized spacial score (nSPS) is 10.4. The van der Waals surface area contributed by atoms with Gasteiger partial charge in [0.1, 0.15) is 11.3 Å². The first kappa shape index (κ1) is 9.88. The van der Waals surface area contributed by atoms with E-state index in [1.54, 1.807) is 17.8 Å². The quantitative estimate of drug-likeness (QED) is 0.919. The molecule has 0 aliphatic heterocycles. The predicted molar refractivity (Wildman–Crippen MR) is 60.4 cm³/mol. The van der Waals surface area contributed by atoms with E-state index in [1.807, 2.05) is 0 Å². The smallest absolute Gasteiger partial charge is 0.178 e. The molecule has 0 amide bonds. The maximum atomic E-state index is 5.58. The van der Waals surface area contributed by atoms with Crippen LogP contribution >= 0.6 is 39.0 Å². The van der Waals surface area contributed by atoms with E-state index in [9.17, 15) is 0 Å². The number of anilines is 1. The zero-order valence-corrected chi connectivity index (χ0v) is 10.1. The monoisotopic (exact) mass is 288 g/mol. The Bertz CT molecular complexity index is 431. The highest BCUT2D eigenvalue weighted by atomic mass is 79.9. The van der Waals surface area contributed by atoms with Crippen LogP contribution in [0.5, 0.6) is 0 Å². The molecule has 7 heteroatoms. The number of aromatic nitrogens is 3. The second-order valence-electron chi connectivity index (χ2n) is 2.35. The van der Waals surface area contributed by atoms with Crippen LogP contribution in [0.25, 0.3) is 0 Å². The van der Waals surface area contributed by atoms with Crippen LogP contribution in [0.15, 0.2) is 31.5 Å². The number of nitrogens with zero attached hydrogens (tertiary/aromatic N) is 3. The van der Waals surface area contributed by atoms with E-state index in [4.69, 9.17) is 5.73 Å². The molecule has 0 aromatic carbocycles. The molecular formula is C7H5BrN4S2. The van der Waals surface area contributed by atoms with Crippen molar-refractivity contribution in [3.63, 3.8) is 0 Å². The van der Waals surface area contributed by atoms with Crippen molar-refractivity contribution in [3.8, 4) is 0 Å². The lowest BCUT2D eigenvalue weighted by Crippen LogP contribution is -1.89. The Hall–Kier alpha value is -0.660. The minimum atomic E-state index is 0.500. The molecule has 0 fully saturated rings. The number of nitrogen functional groups attached to an aromatic ring is 1. The van der Waals surface area contributed by atoms with Crippen LogP contribution in [0.1, 0.15) is 0 Å². The average molecular weight is 289 g/mol. The minimum Gasteiger partial charge on any atom is -0.384 e. The van der Waals surface area contributed by atoms with E-state index in [1.165, 1.54) is 23.1 Å². The summed E-state index contributed by atoms with van der Waals surface area (Å²) in [6.07, 6.45) is 1.68. The third-order valence-corrected chi connectivity index (χ3v) is 4.11. The van der Waals surface area contributed by atoms with Crippen molar-refractivity contribution < 1.29 is 0 Å². The Morgan fingerprint density at radius 3 is 3.07 bits per heavy atom. The van der Waals surface area contributed by atoms with E-state index < -0.39 is 0 Å². The van der Waals surface area contributed by atoms with E-state index in [0.717, 1.165) is 13.7 Å². The summed E-state index contributed by atoms with van der Waals surface area (Å²) in [4.78, 5) is 4.95. The van der Waals surface area contributed by atoms with E-state index in [2.05, 4.69) is 31.1 Å². The van der Waals surface area contributed by atoms with Crippen LogP contribution in [0, 0.1) is 0 Å². The molecule has 0 aliphatic carbocycles. The summed E-state index contributed by atoms with van der Waals surface area (Å²) in [5, 5.41) is 7.69. The van der Waals surface area contributed by atoms with E-state index in [0.29, 0.717) is 5.82 Å². The molecule has 0 saturated heterocycles. The third kappa shape index (κ3) is 2.23. The molecule has 2 aromatic rings. The van der Waals surface area contributed by atoms with Crippen LogP contribution in [0.3, 0.4) is 0 Å². The number of hydrogen-bond donors (Lipinski definition) is 1. The lowest BCUT2D eigenvalue weighted by atomic mass is 10.5. The summed E-state index contributed by atoms with van der Waals surface area (Å²) in [5.74, 6) is 0.500. The fourth-order valence-electron chi connectivity index (χ4n) is 0.815. The van der Waals surface area contributed by atoms with Crippen molar-refractivity contribution in [1.82, 2.24) is 15.2 Å². The van der Waals surface area contributed by atoms with Crippen molar-refractivity contribution in [3.05, 3.63) is 22.2 Å². The molecule has 0 aliphatic rings. The molecule has 72 valence electrons. The SMILES string of the molecule is Nc1cc(Sc2nncs2)c(Br)cn1. The Kier molecular flexibility index (Phi) is 2.99. The average Bonchev–Trinajstić information content (AvgIpc) is 2.64. The van der Waals surface area contributed by atoms with Crippen LogP contribution in [-0.4, -0.2) is 15.2 Å². The Balaban J connectivity index is 2.28. The van der Waals surface area contributed by atoms with Crippen LogP contribution < -0.4 is 5.73 Å². The molecule has 0 bridgehead atoms. The number of hydrogen-bond acceptors (Lipinski definition) is 6. The van der Waals surface area contributed by atoms with E-state index >= 15 is 0 Å². The molecule has 0 radical (unpaired) electrons. The summed E-state index contributed by atoms with van der Waals surface area (Å²) in [5.41, 5.74) is 7.27. The standard InChI is InChI=1S/C7H5BrN4S2/c8-4-2-10-6(9)1-5(4)14-7-12-11-3-13-7/h1-3H,(H2,9,10). The van der Waals surface area contributed by atoms with Crippen molar-refractivity contribution in [2.45, 2.75) is 9.24 Å². The highest BCUT2D eigenvalue weighted by Gasteiger charge is 2.05. The first-order valence-corrected chi connectivity index (χ1v) is 6.09. The number of pyridine rings is 1. The zero-order valence-electron chi connectivity index (χ0n) is 6.85. The minimum absolute atomic E-state index is 0.500. The van der Waals surface area contributed by atoms with Gasteiger partial charge in [-0.3, -0.25) is 0 Å². The second kappa shape index (κ2) is 4.24. The van der Waals surface area contributed by atoms with Gasteiger partial charge in [0, 0.05) is 11.1 Å². The fourth-order valence-corrected chi connectivity index (χ4v) is 2.75.